The maximum atomic E-state index is 14.0. The Kier molecular flexibility index (Phi) is 9.19. The molecule has 0 saturated carbocycles. The third kappa shape index (κ3) is 5.88. The standard InChI is InChI=1S/C15H16F12NO5P/c1-4-5-28(9(29)8(2)3)6-10(16,17)12(20,21)14(24,25)15(26,27)13(22,23)11(18,19)7-33-34(30,31)32/h4H,1-2,5-7H2,3H3,(H2,30,31,32). The zero-order valence-corrected chi connectivity index (χ0v) is 17.6. The zero-order chi connectivity index (χ0) is 27.8. The SMILES string of the molecule is C=CCN(CC(F)(F)C(F)(F)C(F)(F)C(F)(F)C(F)(F)C(F)(F)COP(=O)(O)O)C(=O)C(=C)C. The highest BCUT2D eigenvalue weighted by Crippen LogP contribution is 2.60. The highest BCUT2D eigenvalue weighted by Gasteiger charge is 2.90. The van der Waals surface area contributed by atoms with Crippen LogP contribution in [0.4, 0.5) is 52.7 Å². The van der Waals surface area contributed by atoms with Gasteiger partial charge in [-0.25, -0.2) is 4.57 Å². The van der Waals surface area contributed by atoms with Gasteiger partial charge in [-0.2, -0.15) is 52.7 Å². The number of rotatable bonds is 13. The summed E-state index contributed by atoms with van der Waals surface area (Å²) < 4.78 is 178. The van der Waals surface area contributed by atoms with Crippen LogP contribution in [0.3, 0.4) is 0 Å². The summed E-state index contributed by atoms with van der Waals surface area (Å²) in [5.41, 5.74) is -0.630. The Morgan fingerprint density at radius 1 is 0.882 bits per heavy atom. The van der Waals surface area contributed by atoms with Crippen molar-refractivity contribution in [1.82, 2.24) is 4.90 Å². The normalized spacial score (nSPS) is 14.7. The van der Waals surface area contributed by atoms with Crippen molar-refractivity contribution in [2.45, 2.75) is 42.5 Å². The molecule has 0 heterocycles. The summed E-state index contributed by atoms with van der Waals surface area (Å²) in [6.07, 6.45) is 0.609. The molecule has 0 aliphatic rings. The number of alkyl halides is 12. The molecule has 0 aliphatic heterocycles. The Bertz CT molecular complexity index is 842. The molecule has 0 saturated heterocycles. The maximum absolute atomic E-state index is 14.0. The molecule has 19 heteroatoms. The van der Waals surface area contributed by atoms with Crippen LogP contribution in [-0.4, -0.2) is 75.8 Å². The first-order chi connectivity index (χ1) is 14.7. The molecule has 0 aromatic carbocycles. The van der Waals surface area contributed by atoms with Crippen LogP contribution in [-0.2, 0) is 13.9 Å². The van der Waals surface area contributed by atoms with Crippen LogP contribution >= 0.6 is 7.82 Å². The lowest BCUT2D eigenvalue weighted by atomic mass is 9.91. The van der Waals surface area contributed by atoms with Gasteiger partial charge in [0.15, 0.2) is 0 Å². The monoisotopic (exact) mass is 549 g/mol. The van der Waals surface area contributed by atoms with E-state index >= 15 is 0 Å². The Hall–Kier alpha value is -1.78. The molecule has 0 unspecified atom stereocenters. The van der Waals surface area contributed by atoms with Crippen LogP contribution in [0.2, 0.25) is 0 Å². The molecule has 2 N–H and O–H groups in total. The van der Waals surface area contributed by atoms with Gasteiger partial charge in [0.25, 0.3) is 0 Å². The van der Waals surface area contributed by atoms with E-state index in [0.29, 0.717) is 6.08 Å². The van der Waals surface area contributed by atoms with Gasteiger partial charge in [-0.15, -0.1) is 6.58 Å². The van der Waals surface area contributed by atoms with Gasteiger partial charge in [0.2, 0.25) is 5.91 Å². The largest absolute Gasteiger partial charge is 0.469 e. The number of phosphoric acid groups is 1. The number of carbonyl (C=O) groups excluding carboxylic acids is 1. The highest BCUT2D eigenvalue weighted by molar-refractivity contribution is 7.46. The predicted molar refractivity (Wildman–Crippen MR) is 89.3 cm³/mol. The van der Waals surface area contributed by atoms with Crippen molar-refractivity contribution in [2.75, 3.05) is 19.7 Å². The Balaban J connectivity index is 6.41. The molecule has 0 aromatic rings. The van der Waals surface area contributed by atoms with Crippen LogP contribution in [0.5, 0.6) is 0 Å². The van der Waals surface area contributed by atoms with E-state index in [0.717, 1.165) is 6.92 Å². The number of nitrogens with zero attached hydrogens (tertiary/aromatic N) is 1. The second-order valence-electron chi connectivity index (χ2n) is 6.73. The third-order valence-corrected chi connectivity index (χ3v) is 4.37. The second kappa shape index (κ2) is 9.70. The molecule has 0 rings (SSSR count). The smallest absolute Gasteiger partial charge is 0.329 e. The van der Waals surface area contributed by atoms with Crippen molar-refractivity contribution in [1.29, 1.82) is 0 Å². The maximum Gasteiger partial charge on any atom is 0.469 e. The van der Waals surface area contributed by atoms with Crippen molar-refractivity contribution >= 4 is 13.7 Å². The quantitative estimate of drug-likeness (QED) is 0.153. The third-order valence-electron chi connectivity index (χ3n) is 3.91. The number of phosphoric ester groups is 1. The van der Waals surface area contributed by atoms with Gasteiger partial charge in [-0.1, -0.05) is 12.7 Å². The molecule has 0 aromatic heterocycles. The van der Waals surface area contributed by atoms with Gasteiger partial charge >= 0.3 is 43.4 Å². The topological polar surface area (TPSA) is 87.1 Å². The van der Waals surface area contributed by atoms with Crippen molar-refractivity contribution in [2.24, 2.45) is 0 Å². The molecule has 200 valence electrons. The fraction of sp³-hybridized carbons (Fsp3) is 0.667. The van der Waals surface area contributed by atoms with Crippen LogP contribution in [0.25, 0.3) is 0 Å². The zero-order valence-electron chi connectivity index (χ0n) is 16.7. The summed E-state index contributed by atoms with van der Waals surface area (Å²) in [6.45, 7) is -0.492. The van der Waals surface area contributed by atoms with E-state index in [-0.39, 0.29) is 4.90 Å². The lowest BCUT2D eigenvalue weighted by Crippen LogP contribution is -2.72. The molecule has 0 spiro atoms. The van der Waals surface area contributed by atoms with Crippen molar-refractivity contribution in [3.8, 4) is 0 Å². The fourth-order valence-electron chi connectivity index (χ4n) is 2.09. The number of amides is 1. The molecule has 0 aliphatic carbocycles. The second-order valence-corrected chi connectivity index (χ2v) is 7.96. The number of hydrogen-bond acceptors (Lipinski definition) is 3. The molecule has 0 atom stereocenters. The molecule has 1 amide bonds. The summed E-state index contributed by atoms with van der Waals surface area (Å²) in [5, 5.41) is 0. The summed E-state index contributed by atoms with van der Waals surface area (Å²) in [7, 11) is -6.09. The first-order valence-electron chi connectivity index (χ1n) is 8.26. The summed E-state index contributed by atoms with van der Waals surface area (Å²) >= 11 is 0. The minimum absolute atomic E-state index is 0.335. The van der Waals surface area contributed by atoms with E-state index in [2.05, 4.69) is 17.7 Å². The lowest BCUT2D eigenvalue weighted by Gasteiger charge is -2.42. The lowest BCUT2D eigenvalue weighted by molar-refractivity contribution is -0.426. The van der Waals surface area contributed by atoms with Gasteiger partial charge in [0, 0.05) is 12.1 Å². The van der Waals surface area contributed by atoms with E-state index in [4.69, 9.17) is 9.79 Å². The van der Waals surface area contributed by atoms with Crippen LogP contribution < -0.4 is 0 Å². The Labute approximate surface area is 183 Å². The molecule has 0 bridgehead atoms. The average Bonchev–Trinajstić information content (AvgIpc) is 2.63. The molecule has 0 fully saturated rings. The van der Waals surface area contributed by atoms with Crippen LogP contribution in [0, 0.1) is 0 Å². The van der Waals surface area contributed by atoms with Crippen molar-refractivity contribution < 1.29 is 76.4 Å². The van der Waals surface area contributed by atoms with Crippen LogP contribution in [0.1, 0.15) is 6.92 Å². The van der Waals surface area contributed by atoms with E-state index in [1.807, 2.05) is 0 Å². The number of hydrogen-bond donors (Lipinski definition) is 2. The summed E-state index contributed by atoms with van der Waals surface area (Å²) in [5.74, 6) is -45.7. The van der Waals surface area contributed by atoms with E-state index in [1.54, 1.807) is 0 Å². The number of halogens is 12. The Morgan fingerprint density at radius 3 is 1.59 bits per heavy atom. The minimum Gasteiger partial charge on any atom is -0.329 e. The molecule has 0 radical (unpaired) electrons. The van der Waals surface area contributed by atoms with E-state index < -0.39 is 74.5 Å². The molecule has 6 nitrogen and oxygen atoms in total. The predicted octanol–water partition coefficient (Wildman–Crippen LogP) is 4.50. The molecular weight excluding hydrogens is 533 g/mol. The van der Waals surface area contributed by atoms with Gasteiger partial charge in [-0.3, -0.25) is 9.32 Å². The van der Waals surface area contributed by atoms with E-state index in [9.17, 15) is 62.0 Å². The van der Waals surface area contributed by atoms with Crippen molar-refractivity contribution in [3.63, 3.8) is 0 Å². The van der Waals surface area contributed by atoms with Gasteiger partial charge in [0.05, 0.1) is 6.54 Å². The Morgan fingerprint density at radius 2 is 1.26 bits per heavy atom. The van der Waals surface area contributed by atoms with Crippen LogP contribution in [0.15, 0.2) is 24.8 Å². The summed E-state index contributed by atoms with van der Waals surface area (Å²) in [4.78, 5) is 27.7. The molecular formula is C15H16F12NO5P. The first kappa shape index (κ1) is 32.2. The van der Waals surface area contributed by atoms with Crippen molar-refractivity contribution in [3.05, 3.63) is 24.8 Å². The minimum atomic E-state index is -7.96. The number of carbonyl (C=O) groups is 1. The van der Waals surface area contributed by atoms with Gasteiger partial charge < -0.3 is 14.7 Å². The first-order valence-corrected chi connectivity index (χ1v) is 9.79. The van der Waals surface area contributed by atoms with E-state index in [1.165, 1.54) is 0 Å². The fourth-order valence-corrected chi connectivity index (χ4v) is 2.42. The summed E-state index contributed by atoms with van der Waals surface area (Å²) in [6, 6.07) is 0. The average molecular weight is 549 g/mol. The molecule has 34 heavy (non-hydrogen) atoms. The highest BCUT2D eigenvalue weighted by atomic mass is 31.2. The van der Waals surface area contributed by atoms with Gasteiger partial charge in [0.1, 0.15) is 6.61 Å². The van der Waals surface area contributed by atoms with Gasteiger partial charge in [-0.05, 0) is 6.92 Å².